The molecule has 0 unspecified atom stereocenters. The van der Waals surface area contributed by atoms with Crippen molar-refractivity contribution in [2.75, 3.05) is 19.7 Å². The summed E-state index contributed by atoms with van der Waals surface area (Å²) in [5.74, 6) is 1.34. The normalized spacial score (nSPS) is 23.7. The van der Waals surface area contributed by atoms with E-state index in [1.54, 1.807) is 0 Å². The van der Waals surface area contributed by atoms with Crippen LogP contribution in [0.25, 0.3) is 11.3 Å². The van der Waals surface area contributed by atoms with Gasteiger partial charge in [0.05, 0.1) is 5.69 Å². The zero-order chi connectivity index (χ0) is 16.7. The standard InChI is InChI=1S/C18H20BrN3O2/c19-14-5-3-12(4-6-14)16-7-17(21-20-16)18(24)22-8-13(10-23)15(9-22)11-1-2-11/h3-7,11,13,15,23H,1-2,8-10H2,(H,20,21)/t13-,15-/m0/s1. The highest BCUT2D eigenvalue weighted by atomic mass is 79.9. The van der Waals surface area contributed by atoms with E-state index in [2.05, 4.69) is 26.1 Å². The number of nitrogens with one attached hydrogen (secondary N) is 1. The van der Waals surface area contributed by atoms with Crippen LogP contribution in [-0.2, 0) is 0 Å². The number of carbonyl (C=O) groups is 1. The first-order valence-electron chi connectivity index (χ1n) is 8.37. The largest absolute Gasteiger partial charge is 0.396 e. The average Bonchev–Trinajstić information content (AvgIpc) is 3.17. The number of aliphatic hydroxyl groups excluding tert-OH is 1. The van der Waals surface area contributed by atoms with Gasteiger partial charge in [-0.25, -0.2) is 0 Å². The lowest BCUT2D eigenvalue weighted by Crippen LogP contribution is -2.29. The van der Waals surface area contributed by atoms with Crippen LogP contribution >= 0.6 is 15.9 Å². The molecule has 2 N–H and O–H groups in total. The molecule has 2 atom stereocenters. The van der Waals surface area contributed by atoms with Gasteiger partial charge in [0.15, 0.2) is 0 Å². The van der Waals surface area contributed by atoms with Crippen LogP contribution in [-0.4, -0.2) is 45.8 Å². The van der Waals surface area contributed by atoms with E-state index in [9.17, 15) is 9.90 Å². The highest BCUT2D eigenvalue weighted by Gasteiger charge is 2.43. The van der Waals surface area contributed by atoms with Crippen molar-refractivity contribution in [2.24, 2.45) is 17.8 Å². The third-order valence-electron chi connectivity index (χ3n) is 5.19. The molecule has 1 aliphatic carbocycles. The fraction of sp³-hybridized carbons (Fsp3) is 0.444. The monoisotopic (exact) mass is 389 g/mol. The maximum Gasteiger partial charge on any atom is 0.271 e. The molecule has 1 aliphatic heterocycles. The molecule has 0 spiro atoms. The second kappa shape index (κ2) is 6.33. The van der Waals surface area contributed by atoms with E-state index in [-0.39, 0.29) is 18.4 Å². The number of benzene rings is 1. The van der Waals surface area contributed by atoms with E-state index in [1.165, 1.54) is 12.8 Å². The number of aliphatic hydroxyl groups is 1. The fourth-order valence-corrected chi connectivity index (χ4v) is 3.95. The predicted molar refractivity (Wildman–Crippen MR) is 94.4 cm³/mol. The lowest BCUT2D eigenvalue weighted by Gasteiger charge is -2.15. The highest BCUT2D eigenvalue weighted by molar-refractivity contribution is 9.10. The van der Waals surface area contributed by atoms with Gasteiger partial charge in [-0.05, 0) is 42.9 Å². The number of aromatic nitrogens is 2. The Balaban J connectivity index is 1.50. The lowest BCUT2D eigenvalue weighted by molar-refractivity contribution is 0.0774. The summed E-state index contributed by atoms with van der Waals surface area (Å²) in [5.41, 5.74) is 2.25. The van der Waals surface area contributed by atoms with Gasteiger partial charge >= 0.3 is 0 Å². The van der Waals surface area contributed by atoms with Crippen LogP contribution in [0, 0.1) is 17.8 Å². The zero-order valence-electron chi connectivity index (χ0n) is 13.3. The van der Waals surface area contributed by atoms with Crippen molar-refractivity contribution in [3.63, 3.8) is 0 Å². The average molecular weight is 390 g/mol. The van der Waals surface area contributed by atoms with Crippen LogP contribution in [0.1, 0.15) is 23.3 Å². The Morgan fingerprint density at radius 2 is 2.04 bits per heavy atom. The molecule has 2 fully saturated rings. The number of H-pyrrole nitrogens is 1. The predicted octanol–water partition coefficient (Wildman–Crippen LogP) is 2.93. The molecule has 0 radical (unpaired) electrons. The van der Waals surface area contributed by atoms with Gasteiger partial charge in [-0.15, -0.1) is 0 Å². The van der Waals surface area contributed by atoms with Gasteiger partial charge in [0.25, 0.3) is 5.91 Å². The maximum absolute atomic E-state index is 12.8. The molecular weight excluding hydrogens is 370 g/mol. The summed E-state index contributed by atoms with van der Waals surface area (Å²) in [6, 6.07) is 9.66. The Labute approximate surface area is 149 Å². The molecule has 24 heavy (non-hydrogen) atoms. The minimum absolute atomic E-state index is 0.0209. The van der Waals surface area contributed by atoms with Crippen molar-refractivity contribution < 1.29 is 9.90 Å². The van der Waals surface area contributed by atoms with Crippen LogP contribution in [0.3, 0.4) is 0 Å². The smallest absolute Gasteiger partial charge is 0.271 e. The summed E-state index contributed by atoms with van der Waals surface area (Å²) >= 11 is 3.42. The van der Waals surface area contributed by atoms with E-state index in [0.717, 1.165) is 22.3 Å². The summed E-state index contributed by atoms with van der Waals surface area (Å²) in [7, 11) is 0. The van der Waals surface area contributed by atoms with Gasteiger partial charge in [0, 0.05) is 35.7 Å². The summed E-state index contributed by atoms with van der Waals surface area (Å²) in [6.45, 7) is 1.56. The molecule has 2 aliphatic rings. The quantitative estimate of drug-likeness (QED) is 0.844. The number of halogens is 1. The van der Waals surface area contributed by atoms with Crippen molar-refractivity contribution >= 4 is 21.8 Å². The molecule has 1 amide bonds. The molecule has 1 aromatic heterocycles. The Morgan fingerprint density at radius 1 is 1.29 bits per heavy atom. The zero-order valence-corrected chi connectivity index (χ0v) is 14.9. The topological polar surface area (TPSA) is 69.2 Å². The van der Waals surface area contributed by atoms with Crippen molar-refractivity contribution in [3.8, 4) is 11.3 Å². The third kappa shape index (κ3) is 3.00. The Bertz CT molecular complexity index is 739. The summed E-state index contributed by atoms with van der Waals surface area (Å²) in [6.07, 6.45) is 2.47. The maximum atomic E-state index is 12.8. The van der Waals surface area contributed by atoms with Crippen LogP contribution in [0.4, 0.5) is 0 Å². The highest BCUT2D eigenvalue weighted by Crippen LogP contribution is 2.44. The van der Waals surface area contributed by atoms with Gasteiger partial charge in [-0.2, -0.15) is 5.10 Å². The molecule has 1 saturated carbocycles. The Kier molecular flexibility index (Phi) is 4.18. The Hall–Kier alpha value is -1.66. The van der Waals surface area contributed by atoms with E-state index < -0.39 is 0 Å². The molecule has 126 valence electrons. The van der Waals surface area contributed by atoms with E-state index in [4.69, 9.17) is 0 Å². The summed E-state index contributed by atoms with van der Waals surface area (Å²) < 4.78 is 1.01. The van der Waals surface area contributed by atoms with Crippen molar-refractivity contribution in [1.82, 2.24) is 15.1 Å². The van der Waals surface area contributed by atoms with E-state index in [0.29, 0.717) is 24.1 Å². The SMILES string of the molecule is O=C(c1cc(-c2ccc(Br)cc2)n[nH]1)N1C[C@@H](CO)[C@H](C2CC2)C1. The van der Waals surface area contributed by atoms with Crippen molar-refractivity contribution in [1.29, 1.82) is 0 Å². The first-order valence-corrected chi connectivity index (χ1v) is 9.16. The van der Waals surface area contributed by atoms with Gasteiger partial charge < -0.3 is 10.0 Å². The van der Waals surface area contributed by atoms with E-state index >= 15 is 0 Å². The van der Waals surface area contributed by atoms with Crippen LogP contribution < -0.4 is 0 Å². The second-order valence-corrected chi connectivity index (χ2v) is 7.74. The summed E-state index contributed by atoms with van der Waals surface area (Å²) in [5, 5.41) is 16.7. The molecule has 0 bridgehead atoms. The molecule has 6 heteroatoms. The number of nitrogens with zero attached hydrogens (tertiary/aromatic N) is 2. The number of likely N-dealkylation sites (tertiary alicyclic amines) is 1. The van der Waals surface area contributed by atoms with Gasteiger partial charge in [-0.3, -0.25) is 9.89 Å². The number of aromatic amines is 1. The second-order valence-electron chi connectivity index (χ2n) is 6.83. The van der Waals surface area contributed by atoms with Crippen molar-refractivity contribution in [2.45, 2.75) is 12.8 Å². The molecule has 1 aromatic carbocycles. The number of carbonyl (C=O) groups excluding carboxylic acids is 1. The molecule has 2 heterocycles. The van der Waals surface area contributed by atoms with Crippen LogP contribution in [0.15, 0.2) is 34.8 Å². The first kappa shape index (κ1) is 15.8. The van der Waals surface area contributed by atoms with Gasteiger partial charge in [-0.1, -0.05) is 28.1 Å². The lowest BCUT2D eigenvalue weighted by atomic mass is 9.92. The van der Waals surface area contributed by atoms with Crippen molar-refractivity contribution in [3.05, 3.63) is 40.5 Å². The van der Waals surface area contributed by atoms with Crippen LogP contribution in [0.2, 0.25) is 0 Å². The molecule has 4 rings (SSSR count). The minimum Gasteiger partial charge on any atom is -0.396 e. The number of rotatable bonds is 4. The number of amides is 1. The number of hydrogen-bond acceptors (Lipinski definition) is 3. The first-order chi connectivity index (χ1) is 11.7. The van der Waals surface area contributed by atoms with E-state index in [1.807, 2.05) is 35.2 Å². The molecule has 5 nitrogen and oxygen atoms in total. The van der Waals surface area contributed by atoms with Gasteiger partial charge in [0.2, 0.25) is 0 Å². The summed E-state index contributed by atoms with van der Waals surface area (Å²) in [4.78, 5) is 14.6. The van der Waals surface area contributed by atoms with Gasteiger partial charge in [0.1, 0.15) is 5.69 Å². The molecule has 1 saturated heterocycles. The minimum atomic E-state index is -0.0209. The fourth-order valence-electron chi connectivity index (χ4n) is 3.68. The Morgan fingerprint density at radius 3 is 2.71 bits per heavy atom. The third-order valence-corrected chi connectivity index (χ3v) is 5.72. The van der Waals surface area contributed by atoms with Crippen LogP contribution in [0.5, 0.6) is 0 Å². The number of hydrogen-bond donors (Lipinski definition) is 2. The molecular formula is C18H20BrN3O2. The molecule has 2 aromatic rings.